The Morgan fingerprint density at radius 2 is 2.24 bits per heavy atom. The molecule has 1 aromatic rings. The fourth-order valence-electron chi connectivity index (χ4n) is 2.26. The molecule has 3 heteroatoms. The van der Waals surface area contributed by atoms with Crippen LogP contribution < -0.4 is 0 Å². The van der Waals surface area contributed by atoms with Crippen molar-refractivity contribution in [1.82, 2.24) is 4.90 Å². The minimum atomic E-state index is 0.127. The highest BCUT2D eigenvalue weighted by molar-refractivity contribution is 6.17. The van der Waals surface area contributed by atoms with E-state index in [1.165, 1.54) is 0 Å². The topological polar surface area (TPSA) is 20.3 Å². The number of benzene rings is 1. The van der Waals surface area contributed by atoms with Crippen molar-refractivity contribution in [3.05, 3.63) is 35.4 Å². The summed E-state index contributed by atoms with van der Waals surface area (Å²) in [5.74, 6) is 0.578. The summed E-state index contributed by atoms with van der Waals surface area (Å²) in [6, 6.07) is 7.59. The molecule has 0 saturated carbocycles. The van der Waals surface area contributed by atoms with Gasteiger partial charge in [0.05, 0.1) is 0 Å². The van der Waals surface area contributed by atoms with Crippen LogP contribution in [0.25, 0.3) is 0 Å². The smallest absolute Gasteiger partial charge is 0.253 e. The number of hydrogen-bond acceptors (Lipinski definition) is 1. The lowest BCUT2D eigenvalue weighted by Crippen LogP contribution is -2.30. The standard InChI is InChI=1S/C14H18ClNO/c1-14(2)6-7-16(10-14)13(17)12-5-3-4-11(8-12)9-15/h3-5,8H,6-7,9-10H2,1-2H3. The molecule has 1 aliphatic rings. The van der Waals surface area contributed by atoms with Gasteiger partial charge in [0.15, 0.2) is 0 Å². The van der Waals surface area contributed by atoms with Crippen molar-refractivity contribution < 1.29 is 4.79 Å². The zero-order chi connectivity index (χ0) is 12.5. The van der Waals surface area contributed by atoms with Crippen LogP contribution in [0.1, 0.15) is 36.2 Å². The summed E-state index contributed by atoms with van der Waals surface area (Å²) in [6.07, 6.45) is 1.08. The van der Waals surface area contributed by atoms with Crippen LogP contribution in [0.3, 0.4) is 0 Å². The molecule has 0 spiro atoms. The molecular weight excluding hydrogens is 234 g/mol. The van der Waals surface area contributed by atoms with Crippen molar-refractivity contribution in [2.24, 2.45) is 5.41 Å². The Balaban J connectivity index is 2.15. The van der Waals surface area contributed by atoms with Crippen molar-refractivity contribution in [2.45, 2.75) is 26.1 Å². The molecule has 1 fully saturated rings. The third kappa shape index (κ3) is 2.81. The van der Waals surface area contributed by atoms with Gasteiger partial charge in [0.1, 0.15) is 0 Å². The normalized spacial score (nSPS) is 18.4. The third-order valence-corrected chi connectivity index (χ3v) is 3.60. The highest BCUT2D eigenvalue weighted by Gasteiger charge is 2.32. The number of alkyl halides is 1. The highest BCUT2D eigenvalue weighted by Crippen LogP contribution is 2.29. The lowest BCUT2D eigenvalue weighted by atomic mass is 9.93. The first-order chi connectivity index (χ1) is 8.02. The van der Waals surface area contributed by atoms with Crippen molar-refractivity contribution in [3.8, 4) is 0 Å². The number of amides is 1. The number of halogens is 1. The second kappa shape index (κ2) is 4.69. The average Bonchev–Trinajstić information content (AvgIpc) is 2.69. The van der Waals surface area contributed by atoms with Gasteiger partial charge in [0, 0.05) is 24.5 Å². The highest BCUT2D eigenvalue weighted by atomic mass is 35.5. The van der Waals surface area contributed by atoms with E-state index in [-0.39, 0.29) is 11.3 Å². The molecule has 0 unspecified atom stereocenters. The van der Waals surface area contributed by atoms with Gasteiger partial charge in [-0.3, -0.25) is 4.79 Å². The molecule has 1 saturated heterocycles. The van der Waals surface area contributed by atoms with Crippen LogP contribution in [0.4, 0.5) is 0 Å². The number of carbonyl (C=O) groups is 1. The van der Waals surface area contributed by atoms with Gasteiger partial charge >= 0.3 is 0 Å². The molecule has 1 aliphatic heterocycles. The maximum Gasteiger partial charge on any atom is 0.253 e. The van der Waals surface area contributed by atoms with Gasteiger partial charge in [-0.15, -0.1) is 11.6 Å². The Hall–Kier alpha value is -1.02. The van der Waals surface area contributed by atoms with Gasteiger partial charge in [-0.2, -0.15) is 0 Å². The minimum absolute atomic E-state index is 0.127. The largest absolute Gasteiger partial charge is 0.338 e. The molecule has 2 nitrogen and oxygen atoms in total. The summed E-state index contributed by atoms with van der Waals surface area (Å²) >= 11 is 5.78. The Kier molecular flexibility index (Phi) is 3.43. The molecule has 0 bridgehead atoms. The second-order valence-electron chi connectivity index (χ2n) is 5.47. The summed E-state index contributed by atoms with van der Waals surface area (Å²) in [6.45, 7) is 6.11. The zero-order valence-electron chi connectivity index (χ0n) is 10.4. The molecular formula is C14H18ClNO. The number of hydrogen-bond donors (Lipinski definition) is 0. The van der Waals surface area contributed by atoms with Crippen LogP contribution >= 0.6 is 11.6 Å². The van der Waals surface area contributed by atoms with Crippen LogP contribution in [-0.2, 0) is 5.88 Å². The predicted molar refractivity (Wildman–Crippen MR) is 70.3 cm³/mol. The van der Waals surface area contributed by atoms with Gasteiger partial charge in [-0.25, -0.2) is 0 Å². The summed E-state index contributed by atoms with van der Waals surface area (Å²) in [5, 5.41) is 0. The van der Waals surface area contributed by atoms with Gasteiger partial charge in [0.2, 0.25) is 0 Å². The second-order valence-corrected chi connectivity index (χ2v) is 5.74. The summed E-state index contributed by atoms with van der Waals surface area (Å²) in [5.41, 5.74) is 2.00. The molecule has 0 radical (unpaired) electrons. The molecule has 2 rings (SSSR count). The van der Waals surface area contributed by atoms with Crippen LogP contribution in [0.5, 0.6) is 0 Å². The lowest BCUT2D eigenvalue weighted by Gasteiger charge is -2.20. The van der Waals surface area contributed by atoms with Crippen molar-refractivity contribution in [2.75, 3.05) is 13.1 Å². The van der Waals surface area contributed by atoms with E-state index in [9.17, 15) is 4.79 Å². The SMILES string of the molecule is CC1(C)CCN(C(=O)c2cccc(CCl)c2)C1. The van der Waals surface area contributed by atoms with Gasteiger partial charge in [-0.1, -0.05) is 26.0 Å². The first kappa shape index (κ1) is 12.4. The predicted octanol–water partition coefficient (Wildman–Crippen LogP) is 3.30. The molecule has 1 amide bonds. The zero-order valence-corrected chi connectivity index (χ0v) is 11.1. The van der Waals surface area contributed by atoms with Gasteiger partial charge in [0.25, 0.3) is 5.91 Å². The Bertz CT molecular complexity index is 428. The molecule has 0 aliphatic carbocycles. The molecule has 0 N–H and O–H groups in total. The first-order valence-electron chi connectivity index (χ1n) is 5.96. The maximum atomic E-state index is 12.3. The van der Waals surface area contributed by atoms with Crippen molar-refractivity contribution in [1.29, 1.82) is 0 Å². The third-order valence-electron chi connectivity index (χ3n) is 3.29. The molecule has 0 aromatic heterocycles. The number of nitrogens with zero attached hydrogens (tertiary/aromatic N) is 1. The Morgan fingerprint density at radius 3 is 2.82 bits per heavy atom. The van der Waals surface area contributed by atoms with E-state index in [2.05, 4.69) is 13.8 Å². The number of rotatable bonds is 2. The quantitative estimate of drug-likeness (QED) is 0.739. The van der Waals surface area contributed by atoms with E-state index in [0.717, 1.165) is 30.6 Å². The van der Waals surface area contributed by atoms with E-state index in [4.69, 9.17) is 11.6 Å². The van der Waals surface area contributed by atoms with E-state index in [1.807, 2.05) is 29.2 Å². The molecule has 1 aromatic carbocycles. The molecule has 1 heterocycles. The van der Waals surface area contributed by atoms with E-state index in [1.54, 1.807) is 0 Å². The molecule has 17 heavy (non-hydrogen) atoms. The van der Waals surface area contributed by atoms with Crippen LogP contribution in [0.15, 0.2) is 24.3 Å². The van der Waals surface area contributed by atoms with Crippen molar-refractivity contribution >= 4 is 17.5 Å². The first-order valence-corrected chi connectivity index (χ1v) is 6.49. The summed E-state index contributed by atoms with van der Waals surface area (Å²) in [7, 11) is 0. The monoisotopic (exact) mass is 251 g/mol. The van der Waals surface area contributed by atoms with Crippen LogP contribution in [0, 0.1) is 5.41 Å². The molecule has 92 valence electrons. The Labute approximate surface area is 108 Å². The molecule has 0 atom stereocenters. The lowest BCUT2D eigenvalue weighted by molar-refractivity contribution is 0.0778. The van der Waals surface area contributed by atoms with Gasteiger partial charge in [-0.05, 0) is 29.5 Å². The fourth-order valence-corrected chi connectivity index (χ4v) is 2.42. The Morgan fingerprint density at radius 1 is 1.47 bits per heavy atom. The van der Waals surface area contributed by atoms with Crippen LogP contribution in [0.2, 0.25) is 0 Å². The number of likely N-dealkylation sites (tertiary alicyclic amines) is 1. The summed E-state index contributed by atoms with van der Waals surface area (Å²) < 4.78 is 0. The maximum absolute atomic E-state index is 12.3. The summed E-state index contributed by atoms with van der Waals surface area (Å²) in [4.78, 5) is 14.2. The van der Waals surface area contributed by atoms with E-state index >= 15 is 0 Å². The number of carbonyl (C=O) groups excluding carboxylic acids is 1. The van der Waals surface area contributed by atoms with Gasteiger partial charge < -0.3 is 4.90 Å². The van der Waals surface area contributed by atoms with Crippen molar-refractivity contribution in [3.63, 3.8) is 0 Å². The fraction of sp³-hybridized carbons (Fsp3) is 0.500. The minimum Gasteiger partial charge on any atom is -0.338 e. The van der Waals surface area contributed by atoms with Crippen LogP contribution in [-0.4, -0.2) is 23.9 Å². The van der Waals surface area contributed by atoms with E-state index < -0.39 is 0 Å². The average molecular weight is 252 g/mol. The van der Waals surface area contributed by atoms with E-state index in [0.29, 0.717) is 5.88 Å².